The Labute approximate surface area is 149 Å². The largest absolute Gasteiger partial charge is 0.435 e. The first-order valence-corrected chi connectivity index (χ1v) is 8.47. The monoisotopic (exact) mass is 367 g/mol. The predicted molar refractivity (Wildman–Crippen MR) is 89.3 cm³/mol. The fourth-order valence-corrected chi connectivity index (χ4v) is 3.26. The number of likely N-dealkylation sites (N-methyl/N-ethyl adjacent to an activating group) is 1. The summed E-state index contributed by atoms with van der Waals surface area (Å²) >= 11 is 0. The van der Waals surface area contributed by atoms with Crippen molar-refractivity contribution in [1.29, 1.82) is 0 Å². The molecule has 0 bridgehead atoms. The van der Waals surface area contributed by atoms with Gasteiger partial charge in [-0.1, -0.05) is 0 Å². The Morgan fingerprint density at radius 1 is 1.23 bits per heavy atom. The van der Waals surface area contributed by atoms with Gasteiger partial charge in [0.05, 0.1) is 12.3 Å². The number of carbonyl (C=O) groups is 1. The third kappa shape index (κ3) is 3.46. The van der Waals surface area contributed by atoms with Crippen molar-refractivity contribution in [3.8, 4) is 5.69 Å². The van der Waals surface area contributed by atoms with Crippen LogP contribution < -0.4 is 0 Å². The van der Waals surface area contributed by atoms with Crippen LogP contribution in [-0.4, -0.2) is 45.9 Å². The summed E-state index contributed by atoms with van der Waals surface area (Å²) in [4.78, 5) is 13.6. The molecule has 140 valence electrons. The number of amides is 1. The van der Waals surface area contributed by atoms with E-state index in [4.69, 9.17) is 5.11 Å². The van der Waals surface area contributed by atoms with Crippen molar-refractivity contribution < 1.29 is 23.1 Å². The number of hydrogen-bond acceptors (Lipinski definition) is 3. The fourth-order valence-electron chi connectivity index (χ4n) is 3.26. The average Bonchev–Trinajstić information content (AvgIpc) is 3.01. The maximum atomic E-state index is 13.3. The minimum atomic E-state index is -4.48. The van der Waals surface area contributed by atoms with Gasteiger partial charge in [0.1, 0.15) is 0 Å². The van der Waals surface area contributed by atoms with Gasteiger partial charge >= 0.3 is 6.18 Å². The summed E-state index contributed by atoms with van der Waals surface area (Å²) in [5.41, 5.74) is 0.975. The molecule has 0 unspecified atom stereocenters. The Bertz CT molecular complexity index is 797. The zero-order valence-corrected chi connectivity index (χ0v) is 14.4. The van der Waals surface area contributed by atoms with Crippen molar-refractivity contribution in [3.05, 3.63) is 46.8 Å². The van der Waals surface area contributed by atoms with E-state index in [1.807, 2.05) is 0 Å². The molecule has 0 fully saturated rings. The highest BCUT2D eigenvalue weighted by Gasteiger charge is 2.39. The van der Waals surface area contributed by atoms with Crippen LogP contribution in [0.15, 0.2) is 24.3 Å². The van der Waals surface area contributed by atoms with E-state index in [-0.39, 0.29) is 24.6 Å². The number of aliphatic hydroxyl groups is 1. The van der Waals surface area contributed by atoms with Gasteiger partial charge in [0.25, 0.3) is 5.91 Å². The van der Waals surface area contributed by atoms with E-state index in [1.165, 1.54) is 9.58 Å². The van der Waals surface area contributed by atoms with Crippen LogP contribution in [0.2, 0.25) is 0 Å². The number of halogens is 3. The molecule has 1 aliphatic rings. The quantitative estimate of drug-likeness (QED) is 0.904. The summed E-state index contributed by atoms with van der Waals surface area (Å²) in [5, 5.41) is 12.7. The lowest BCUT2D eigenvalue weighted by Gasteiger charge is -2.16. The first-order chi connectivity index (χ1) is 12.3. The summed E-state index contributed by atoms with van der Waals surface area (Å²) in [6.07, 6.45) is -1.98. The highest BCUT2D eigenvalue weighted by molar-refractivity contribution is 5.94. The van der Waals surface area contributed by atoms with Gasteiger partial charge in [-0.05, 0) is 49.9 Å². The number of carbonyl (C=O) groups excluding carboxylic acids is 1. The minimum Gasteiger partial charge on any atom is -0.395 e. The second-order valence-corrected chi connectivity index (χ2v) is 6.39. The maximum Gasteiger partial charge on any atom is 0.435 e. The first-order valence-electron chi connectivity index (χ1n) is 8.47. The van der Waals surface area contributed by atoms with Crippen molar-refractivity contribution in [2.24, 2.45) is 0 Å². The fraction of sp³-hybridized carbons (Fsp3) is 0.444. The number of fused-ring (bicyclic) bond motifs is 1. The third-order valence-corrected chi connectivity index (χ3v) is 4.59. The summed E-state index contributed by atoms with van der Waals surface area (Å²) < 4.78 is 41.2. The van der Waals surface area contributed by atoms with Gasteiger partial charge in [-0.3, -0.25) is 4.79 Å². The van der Waals surface area contributed by atoms with E-state index >= 15 is 0 Å². The van der Waals surface area contributed by atoms with Crippen molar-refractivity contribution >= 4 is 5.91 Å². The molecule has 1 aromatic heterocycles. The molecule has 0 atom stereocenters. The smallest absolute Gasteiger partial charge is 0.395 e. The molecular formula is C18H20F3N3O2. The van der Waals surface area contributed by atoms with Crippen LogP contribution in [-0.2, 0) is 19.0 Å². The molecule has 8 heteroatoms. The molecule has 3 rings (SSSR count). The molecular weight excluding hydrogens is 347 g/mol. The van der Waals surface area contributed by atoms with Crippen molar-refractivity contribution in [2.75, 3.05) is 20.2 Å². The molecule has 0 radical (unpaired) electrons. The van der Waals surface area contributed by atoms with Crippen molar-refractivity contribution in [1.82, 2.24) is 14.7 Å². The normalized spacial score (nSPS) is 14.2. The van der Waals surface area contributed by atoms with Crippen LogP contribution in [0.1, 0.15) is 40.2 Å². The molecule has 26 heavy (non-hydrogen) atoms. The lowest BCUT2D eigenvalue weighted by molar-refractivity contribution is -0.142. The SMILES string of the molecule is CN(CCO)C(=O)c1ccc(-n2nc(C(F)(F)F)c3c2CCCC3)cc1. The number of rotatable bonds is 4. The highest BCUT2D eigenvalue weighted by Crippen LogP contribution is 2.36. The molecule has 1 heterocycles. The Hall–Kier alpha value is -2.35. The van der Waals surface area contributed by atoms with E-state index in [0.29, 0.717) is 29.8 Å². The molecule has 0 saturated carbocycles. The Morgan fingerprint density at radius 3 is 2.50 bits per heavy atom. The van der Waals surface area contributed by atoms with Crippen LogP contribution in [0.4, 0.5) is 13.2 Å². The molecule has 1 amide bonds. The average molecular weight is 367 g/mol. The zero-order valence-electron chi connectivity index (χ0n) is 14.4. The second kappa shape index (κ2) is 7.11. The maximum absolute atomic E-state index is 13.3. The number of benzene rings is 1. The van der Waals surface area contributed by atoms with Gasteiger partial charge in [0.15, 0.2) is 5.69 Å². The zero-order chi connectivity index (χ0) is 18.9. The van der Waals surface area contributed by atoms with E-state index in [2.05, 4.69) is 5.10 Å². The summed E-state index contributed by atoms with van der Waals surface area (Å²) in [5.74, 6) is -0.260. The van der Waals surface area contributed by atoms with E-state index < -0.39 is 11.9 Å². The topological polar surface area (TPSA) is 58.4 Å². The van der Waals surface area contributed by atoms with Crippen LogP contribution in [0, 0.1) is 0 Å². The Kier molecular flexibility index (Phi) is 5.04. The first kappa shape index (κ1) is 18.4. The van der Waals surface area contributed by atoms with Crippen LogP contribution in [0.3, 0.4) is 0 Å². The van der Waals surface area contributed by atoms with Gasteiger partial charge in [-0.2, -0.15) is 18.3 Å². The van der Waals surface area contributed by atoms with Gasteiger partial charge in [-0.15, -0.1) is 0 Å². The van der Waals surface area contributed by atoms with Crippen LogP contribution >= 0.6 is 0 Å². The highest BCUT2D eigenvalue weighted by atomic mass is 19.4. The van der Waals surface area contributed by atoms with Gasteiger partial charge in [-0.25, -0.2) is 4.68 Å². The summed E-state index contributed by atoms with van der Waals surface area (Å²) in [6.45, 7) is 0.0716. The Morgan fingerprint density at radius 2 is 1.88 bits per heavy atom. The van der Waals surface area contributed by atoms with E-state index in [0.717, 1.165) is 12.8 Å². The minimum absolute atomic E-state index is 0.139. The lowest BCUT2D eigenvalue weighted by Crippen LogP contribution is -2.29. The van der Waals surface area contributed by atoms with Crippen molar-refractivity contribution in [2.45, 2.75) is 31.9 Å². The molecule has 2 aromatic rings. The molecule has 5 nitrogen and oxygen atoms in total. The standard InChI is InChI=1S/C18H20F3N3O2/c1-23(10-11-25)17(26)12-6-8-13(9-7-12)24-15-5-3-2-4-14(15)16(22-24)18(19,20)21/h6-9,25H,2-5,10-11H2,1H3. The molecule has 1 aromatic carbocycles. The predicted octanol–water partition coefficient (Wildman–Crippen LogP) is 2.83. The second-order valence-electron chi connectivity index (χ2n) is 6.39. The molecule has 1 N–H and O–H groups in total. The number of aliphatic hydroxyl groups excluding tert-OH is 1. The lowest BCUT2D eigenvalue weighted by atomic mass is 9.95. The van der Waals surface area contributed by atoms with Gasteiger partial charge in [0, 0.05) is 30.4 Å². The molecule has 0 aliphatic heterocycles. The summed E-state index contributed by atoms with van der Waals surface area (Å²) in [6, 6.07) is 6.33. The van der Waals surface area contributed by atoms with E-state index in [9.17, 15) is 18.0 Å². The molecule has 0 spiro atoms. The van der Waals surface area contributed by atoms with Gasteiger partial charge in [0.2, 0.25) is 0 Å². The third-order valence-electron chi connectivity index (χ3n) is 4.59. The summed E-state index contributed by atoms with van der Waals surface area (Å²) in [7, 11) is 1.58. The molecule has 1 aliphatic carbocycles. The number of alkyl halides is 3. The van der Waals surface area contributed by atoms with Crippen LogP contribution in [0.25, 0.3) is 5.69 Å². The molecule has 0 saturated heterocycles. The van der Waals surface area contributed by atoms with E-state index in [1.54, 1.807) is 31.3 Å². The number of aromatic nitrogens is 2. The van der Waals surface area contributed by atoms with Crippen molar-refractivity contribution in [3.63, 3.8) is 0 Å². The van der Waals surface area contributed by atoms with Gasteiger partial charge < -0.3 is 10.0 Å². The van der Waals surface area contributed by atoms with Crippen LogP contribution in [0.5, 0.6) is 0 Å². The number of hydrogen-bond donors (Lipinski definition) is 1. The number of nitrogens with zero attached hydrogens (tertiary/aromatic N) is 3. The Balaban J connectivity index is 1.95.